The summed E-state index contributed by atoms with van der Waals surface area (Å²) in [7, 11) is 1.57. The van der Waals surface area contributed by atoms with Gasteiger partial charge < -0.3 is 23.8 Å². The van der Waals surface area contributed by atoms with Crippen molar-refractivity contribution in [3.05, 3.63) is 106 Å². The van der Waals surface area contributed by atoms with Gasteiger partial charge >= 0.3 is 17.9 Å². The second-order valence-electron chi connectivity index (χ2n) is 11.2. The Kier molecular flexibility index (Phi) is 12.0. The lowest BCUT2D eigenvalue weighted by molar-refractivity contribution is -0.189. The lowest BCUT2D eigenvalue weighted by atomic mass is 9.85. The van der Waals surface area contributed by atoms with E-state index in [9.17, 15) is 19.6 Å². The Morgan fingerprint density at radius 2 is 1.26 bits per heavy atom. The van der Waals surface area contributed by atoms with E-state index >= 15 is 0 Å². The number of carbonyl (C=O) groups excluding carboxylic acids is 3. The third-order valence-corrected chi connectivity index (χ3v) is 7.61. The van der Waals surface area contributed by atoms with E-state index in [4.69, 9.17) is 23.8 Å². The Morgan fingerprint density at radius 1 is 0.787 bits per heavy atom. The SMILES string of the molecule is CN=CCO/N=C(\C#N)C1OC(COC(=O)c2ccc(C)cc2)[C@@H](OC(=O)c2ccc(C)cc2)[C@@H](OC(=O)c2ccc(C)cc2)[C@@H]1C. The van der Waals surface area contributed by atoms with E-state index in [1.54, 1.807) is 86.8 Å². The second-order valence-corrected chi connectivity index (χ2v) is 11.2. The van der Waals surface area contributed by atoms with Crippen LogP contribution in [-0.4, -0.2) is 74.5 Å². The molecule has 0 bridgehead atoms. The summed E-state index contributed by atoms with van der Waals surface area (Å²) in [6.07, 6.45) is -3.21. The van der Waals surface area contributed by atoms with Crippen LogP contribution in [0.4, 0.5) is 0 Å². The molecule has 0 saturated carbocycles. The molecule has 4 rings (SSSR count). The largest absolute Gasteiger partial charge is 0.459 e. The summed E-state index contributed by atoms with van der Waals surface area (Å²) in [5, 5.41) is 14.0. The Balaban J connectivity index is 1.71. The molecule has 0 spiro atoms. The molecule has 0 radical (unpaired) electrons. The Bertz CT molecular complexity index is 1640. The molecule has 244 valence electrons. The van der Waals surface area contributed by atoms with Crippen molar-refractivity contribution in [2.75, 3.05) is 20.3 Å². The summed E-state index contributed by atoms with van der Waals surface area (Å²) < 4.78 is 24.0. The maximum Gasteiger partial charge on any atom is 0.338 e. The molecular weight excluding hydrogens is 602 g/mol. The van der Waals surface area contributed by atoms with Crippen molar-refractivity contribution in [2.45, 2.75) is 52.1 Å². The van der Waals surface area contributed by atoms with Crippen molar-refractivity contribution in [2.24, 2.45) is 16.1 Å². The quantitative estimate of drug-likeness (QED) is 0.0906. The summed E-state index contributed by atoms with van der Waals surface area (Å²) in [6.45, 7) is 6.95. The fourth-order valence-corrected chi connectivity index (χ4v) is 4.88. The first-order valence-electron chi connectivity index (χ1n) is 15.1. The van der Waals surface area contributed by atoms with Gasteiger partial charge in [-0.2, -0.15) is 5.26 Å². The summed E-state index contributed by atoms with van der Waals surface area (Å²) in [4.78, 5) is 49.0. The molecule has 0 N–H and O–H groups in total. The van der Waals surface area contributed by atoms with Crippen LogP contribution < -0.4 is 0 Å². The normalized spacial score (nSPS) is 21.0. The number of nitrogens with zero attached hydrogens (tertiary/aromatic N) is 3. The van der Waals surface area contributed by atoms with Crippen LogP contribution in [-0.2, 0) is 23.8 Å². The number of aliphatic imine (C=N–C) groups is 1. The molecule has 0 amide bonds. The van der Waals surface area contributed by atoms with Gasteiger partial charge in [0.15, 0.2) is 18.4 Å². The molecule has 11 nitrogen and oxygen atoms in total. The van der Waals surface area contributed by atoms with Gasteiger partial charge in [-0.15, -0.1) is 0 Å². The highest BCUT2D eigenvalue weighted by molar-refractivity contribution is 6.02. The van der Waals surface area contributed by atoms with Crippen molar-refractivity contribution in [1.29, 1.82) is 5.26 Å². The zero-order valence-corrected chi connectivity index (χ0v) is 26.9. The van der Waals surface area contributed by atoms with Gasteiger partial charge in [0.1, 0.15) is 31.0 Å². The molecule has 47 heavy (non-hydrogen) atoms. The molecule has 2 unspecified atom stereocenters. The lowest BCUT2D eigenvalue weighted by Gasteiger charge is -2.43. The first-order chi connectivity index (χ1) is 22.6. The molecule has 1 heterocycles. The van der Waals surface area contributed by atoms with Crippen molar-refractivity contribution in [3.63, 3.8) is 0 Å². The van der Waals surface area contributed by atoms with Crippen LogP contribution in [0.1, 0.15) is 54.7 Å². The molecule has 1 aliphatic heterocycles. The van der Waals surface area contributed by atoms with Crippen molar-refractivity contribution in [3.8, 4) is 6.07 Å². The fourth-order valence-electron chi connectivity index (χ4n) is 4.88. The van der Waals surface area contributed by atoms with Gasteiger partial charge in [0.25, 0.3) is 0 Å². The van der Waals surface area contributed by atoms with Crippen LogP contribution >= 0.6 is 0 Å². The van der Waals surface area contributed by atoms with Crippen molar-refractivity contribution in [1.82, 2.24) is 0 Å². The van der Waals surface area contributed by atoms with E-state index in [-0.39, 0.29) is 23.4 Å². The molecule has 0 aliphatic carbocycles. The minimum absolute atomic E-state index is 0.00297. The minimum atomic E-state index is -1.25. The monoisotopic (exact) mass is 639 g/mol. The number of ether oxygens (including phenoxy) is 4. The average molecular weight is 640 g/mol. The van der Waals surface area contributed by atoms with Crippen LogP contribution in [0.15, 0.2) is 82.9 Å². The maximum atomic E-state index is 13.5. The second kappa shape index (κ2) is 16.3. The Labute approximate surface area is 273 Å². The smallest absolute Gasteiger partial charge is 0.338 e. The summed E-state index contributed by atoms with van der Waals surface area (Å²) in [6, 6.07) is 22.3. The van der Waals surface area contributed by atoms with Gasteiger partial charge in [0, 0.05) is 19.2 Å². The molecule has 1 saturated heterocycles. The summed E-state index contributed by atoms with van der Waals surface area (Å²) in [5.41, 5.74) is 3.53. The fraction of sp³-hybridized carbons (Fsp3) is 0.333. The predicted molar refractivity (Wildman–Crippen MR) is 173 cm³/mol. The van der Waals surface area contributed by atoms with Gasteiger partial charge in [-0.1, -0.05) is 65.2 Å². The number of esters is 3. The maximum absolute atomic E-state index is 13.5. The third-order valence-electron chi connectivity index (χ3n) is 7.61. The molecule has 11 heteroatoms. The van der Waals surface area contributed by atoms with E-state index in [2.05, 4.69) is 10.1 Å². The van der Waals surface area contributed by atoms with Crippen molar-refractivity contribution >= 4 is 29.8 Å². The summed E-state index contributed by atoms with van der Waals surface area (Å²) >= 11 is 0. The summed E-state index contributed by atoms with van der Waals surface area (Å²) in [5.74, 6) is -2.80. The van der Waals surface area contributed by atoms with Crippen LogP contribution in [0.5, 0.6) is 0 Å². The molecule has 1 fully saturated rings. The first kappa shape index (κ1) is 34.5. The molecule has 3 aromatic rings. The van der Waals surface area contributed by atoms with Crippen LogP contribution in [0.25, 0.3) is 0 Å². The highest BCUT2D eigenvalue weighted by Crippen LogP contribution is 2.33. The highest BCUT2D eigenvalue weighted by Gasteiger charge is 2.50. The number of nitriles is 1. The molecule has 3 aromatic carbocycles. The average Bonchev–Trinajstić information content (AvgIpc) is 3.07. The number of oxime groups is 1. The van der Waals surface area contributed by atoms with Crippen molar-refractivity contribution < 1.29 is 38.2 Å². The Morgan fingerprint density at radius 3 is 1.72 bits per heavy atom. The molecule has 5 atom stereocenters. The van der Waals surface area contributed by atoms with Gasteiger partial charge in [-0.25, -0.2) is 14.4 Å². The van der Waals surface area contributed by atoms with E-state index in [1.165, 1.54) is 6.21 Å². The number of benzene rings is 3. The third kappa shape index (κ3) is 9.11. The van der Waals surface area contributed by atoms with Gasteiger partial charge in [-0.3, -0.25) is 4.99 Å². The molecular formula is C36H37N3O8. The number of rotatable bonds is 11. The van der Waals surface area contributed by atoms with Crippen LogP contribution in [0.3, 0.4) is 0 Å². The standard InChI is InChI=1S/C36H37N3O8/c1-22-6-12-26(13-7-22)34(40)43-21-30-33(47-36(42)28-16-10-24(3)11-17-28)32(46-35(41)27-14-8-23(2)9-15-27)25(4)31(45-30)29(20-37)39-44-19-18-38-5/h6-18,25,30-33H,19,21H2,1-5H3/b38-18?,39-29+/t25-,30?,31?,32+,33-/m1/s1. The number of aryl methyl sites for hydroxylation is 3. The number of hydrogen-bond acceptors (Lipinski definition) is 11. The van der Waals surface area contributed by atoms with E-state index in [0.29, 0.717) is 5.56 Å². The van der Waals surface area contributed by atoms with Gasteiger partial charge in [0.2, 0.25) is 0 Å². The van der Waals surface area contributed by atoms with E-state index < -0.39 is 54.8 Å². The topological polar surface area (TPSA) is 146 Å². The first-order valence-corrected chi connectivity index (χ1v) is 15.1. The molecule has 1 aliphatic rings. The highest BCUT2D eigenvalue weighted by atomic mass is 16.6. The van der Waals surface area contributed by atoms with Crippen LogP contribution in [0, 0.1) is 38.0 Å². The van der Waals surface area contributed by atoms with Crippen LogP contribution in [0.2, 0.25) is 0 Å². The van der Waals surface area contributed by atoms with Gasteiger partial charge in [-0.05, 0) is 57.2 Å². The van der Waals surface area contributed by atoms with E-state index in [0.717, 1.165) is 16.7 Å². The number of carbonyl (C=O) groups is 3. The minimum Gasteiger partial charge on any atom is -0.459 e. The molecule has 0 aromatic heterocycles. The lowest BCUT2D eigenvalue weighted by Crippen LogP contribution is -2.59. The van der Waals surface area contributed by atoms with E-state index in [1.807, 2.05) is 26.8 Å². The number of hydrogen-bond donors (Lipinski definition) is 0. The predicted octanol–water partition coefficient (Wildman–Crippen LogP) is 5.22. The zero-order chi connectivity index (χ0) is 33.9. The zero-order valence-electron chi connectivity index (χ0n) is 26.9. The Hall–Kier alpha value is -5.34. The van der Waals surface area contributed by atoms with Gasteiger partial charge in [0.05, 0.1) is 16.7 Å².